The molecule has 0 amide bonds. The summed E-state index contributed by atoms with van der Waals surface area (Å²) in [6, 6.07) is 0. The second kappa shape index (κ2) is 14.9. The summed E-state index contributed by atoms with van der Waals surface area (Å²) < 4.78 is 0. The van der Waals surface area contributed by atoms with Crippen molar-refractivity contribution in [2.75, 3.05) is 6.54 Å². The van der Waals surface area contributed by atoms with E-state index in [0.717, 1.165) is 0 Å². The Balaban J connectivity index is 3.74. The fourth-order valence-electron chi connectivity index (χ4n) is 4.09. The van der Waals surface area contributed by atoms with Gasteiger partial charge in [0.1, 0.15) is 0 Å². The summed E-state index contributed by atoms with van der Waals surface area (Å²) in [4.78, 5) is 2.78. The summed E-state index contributed by atoms with van der Waals surface area (Å²) in [5, 5.41) is 0. The average Bonchev–Trinajstić information content (AvgIpc) is 2.61. The third-order valence-electron chi connectivity index (χ3n) is 6.68. The van der Waals surface area contributed by atoms with Crippen molar-refractivity contribution < 1.29 is 0 Å². The van der Waals surface area contributed by atoms with Crippen LogP contribution in [-0.4, -0.2) is 22.5 Å². The SMILES string of the molecule is CCCCCCCCCCCCCCCN(C(C)(C)CC)C(C)(C)CC. The highest BCUT2D eigenvalue weighted by atomic mass is 15.2. The van der Waals surface area contributed by atoms with Crippen LogP contribution in [0.5, 0.6) is 0 Å². The molecule has 0 aromatic carbocycles. The van der Waals surface area contributed by atoms with Gasteiger partial charge < -0.3 is 0 Å². The molecule has 0 unspecified atom stereocenters. The third kappa shape index (κ3) is 11.6. The van der Waals surface area contributed by atoms with E-state index in [0.29, 0.717) is 11.1 Å². The van der Waals surface area contributed by atoms with Crippen LogP contribution < -0.4 is 0 Å². The van der Waals surface area contributed by atoms with Crippen LogP contribution in [0.2, 0.25) is 0 Å². The second-order valence-electron chi connectivity index (χ2n) is 9.73. The van der Waals surface area contributed by atoms with E-state index in [1.807, 2.05) is 0 Å². The number of hydrogen-bond donors (Lipinski definition) is 0. The van der Waals surface area contributed by atoms with Gasteiger partial charge in [0.15, 0.2) is 0 Å². The van der Waals surface area contributed by atoms with Gasteiger partial charge in [-0.2, -0.15) is 0 Å². The Hall–Kier alpha value is -0.0400. The minimum Gasteiger partial charge on any atom is -0.293 e. The lowest BCUT2D eigenvalue weighted by atomic mass is 9.88. The van der Waals surface area contributed by atoms with Crippen LogP contribution in [0.4, 0.5) is 0 Å². The van der Waals surface area contributed by atoms with E-state index in [9.17, 15) is 0 Å². The highest BCUT2D eigenvalue weighted by molar-refractivity contribution is 4.90. The highest BCUT2D eigenvalue weighted by Crippen LogP contribution is 2.30. The zero-order valence-electron chi connectivity index (χ0n) is 19.8. The van der Waals surface area contributed by atoms with Gasteiger partial charge in [0, 0.05) is 11.1 Å². The molecule has 0 heterocycles. The fourth-order valence-corrected chi connectivity index (χ4v) is 4.09. The van der Waals surface area contributed by atoms with Crippen LogP contribution in [-0.2, 0) is 0 Å². The molecule has 0 aromatic rings. The summed E-state index contributed by atoms with van der Waals surface area (Å²) in [5.74, 6) is 0. The maximum Gasteiger partial charge on any atom is 0.0155 e. The van der Waals surface area contributed by atoms with Crippen LogP contribution in [0.25, 0.3) is 0 Å². The van der Waals surface area contributed by atoms with Crippen molar-refractivity contribution >= 4 is 0 Å². The lowest BCUT2D eigenvalue weighted by molar-refractivity contribution is 0.00963. The van der Waals surface area contributed by atoms with Crippen LogP contribution in [0, 0.1) is 0 Å². The normalized spacial score (nSPS) is 12.9. The molecule has 0 radical (unpaired) electrons. The molecule has 0 saturated carbocycles. The lowest BCUT2D eigenvalue weighted by Gasteiger charge is -2.48. The van der Waals surface area contributed by atoms with E-state index in [1.165, 1.54) is 103 Å². The summed E-state index contributed by atoms with van der Waals surface area (Å²) in [5.41, 5.74) is 0.632. The summed E-state index contributed by atoms with van der Waals surface area (Å²) in [6.45, 7) is 17.9. The minimum absolute atomic E-state index is 0.316. The molecule has 0 bridgehead atoms. The molecular weight excluding hydrogens is 314 g/mol. The van der Waals surface area contributed by atoms with Gasteiger partial charge in [-0.15, -0.1) is 0 Å². The number of nitrogens with zero attached hydrogens (tertiary/aromatic N) is 1. The molecule has 1 heteroatoms. The van der Waals surface area contributed by atoms with Crippen molar-refractivity contribution in [1.29, 1.82) is 0 Å². The van der Waals surface area contributed by atoms with Crippen LogP contribution in [0.15, 0.2) is 0 Å². The van der Waals surface area contributed by atoms with E-state index in [2.05, 4.69) is 53.4 Å². The smallest absolute Gasteiger partial charge is 0.0155 e. The van der Waals surface area contributed by atoms with Crippen molar-refractivity contribution in [2.45, 2.75) is 156 Å². The first kappa shape index (κ1) is 26.0. The molecule has 0 aliphatic rings. The van der Waals surface area contributed by atoms with Crippen LogP contribution in [0.1, 0.15) is 145 Å². The Labute approximate surface area is 167 Å². The molecule has 0 aliphatic heterocycles. The van der Waals surface area contributed by atoms with Gasteiger partial charge in [-0.25, -0.2) is 0 Å². The largest absolute Gasteiger partial charge is 0.293 e. The Morgan fingerprint density at radius 3 is 1.08 bits per heavy atom. The van der Waals surface area contributed by atoms with E-state index >= 15 is 0 Å². The van der Waals surface area contributed by atoms with Crippen molar-refractivity contribution in [3.63, 3.8) is 0 Å². The molecule has 26 heavy (non-hydrogen) atoms. The van der Waals surface area contributed by atoms with Crippen molar-refractivity contribution in [3.05, 3.63) is 0 Å². The van der Waals surface area contributed by atoms with E-state index in [-0.39, 0.29) is 0 Å². The van der Waals surface area contributed by atoms with Gasteiger partial charge in [0.25, 0.3) is 0 Å². The zero-order valence-corrected chi connectivity index (χ0v) is 19.8. The molecule has 158 valence electrons. The van der Waals surface area contributed by atoms with Crippen molar-refractivity contribution in [2.24, 2.45) is 0 Å². The van der Waals surface area contributed by atoms with Crippen molar-refractivity contribution in [3.8, 4) is 0 Å². The topological polar surface area (TPSA) is 3.24 Å². The van der Waals surface area contributed by atoms with Crippen molar-refractivity contribution in [1.82, 2.24) is 4.90 Å². The molecule has 0 saturated heterocycles. The van der Waals surface area contributed by atoms with Crippen LogP contribution in [0.3, 0.4) is 0 Å². The molecule has 0 aromatic heterocycles. The molecular formula is C25H53N. The third-order valence-corrected chi connectivity index (χ3v) is 6.68. The molecule has 0 rings (SSSR count). The predicted octanol–water partition coefficient (Wildman–Crippen LogP) is 8.76. The van der Waals surface area contributed by atoms with Gasteiger partial charge in [-0.05, 0) is 53.5 Å². The Kier molecular flexibility index (Phi) is 14.9. The first-order chi connectivity index (χ1) is 12.3. The number of hydrogen-bond acceptors (Lipinski definition) is 1. The molecule has 0 spiro atoms. The quantitative estimate of drug-likeness (QED) is 0.219. The van der Waals surface area contributed by atoms with Crippen LogP contribution >= 0.6 is 0 Å². The monoisotopic (exact) mass is 367 g/mol. The fraction of sp³-hybridized carbons (Fsp3) is 1.00. The minimum atomic E-state index is 0.316. The zero-order chi connectivity index (χ0) is 19.9. The van der Waals surface area contributed by atoms with Gasteiger partial charge in [-0.1, -0.05) is 97.8 Å². The molecule has 0 fully saturated rings. The Morgan fingerprint density at radius 1 is 0.462 bits per heavy atom. The van der Waals surface area contributed by atoms with Gasteiger partial charge in [0.2, 0.25) is 0 Å². The number of unbranched alkanes of at least 4 members (excludes halogenated alkanes) is 12. The summed E-state index contributed by atoms with van der Waals surface area (Å²) in [6.07, 6.45) is 21.2. The first-order valence-corrected chi connectivity index (χ1v) is 12.1. The highest BCUT2D eigenvalue weighted by Gasteiger charge is 2.34. The van der Waals surface area contributed by atoms with Gasteiger partial charge in [-0.3, -0.25) is 4.90 Å². The average molecular weight is 368 g/mol. The van der Waals surface area contributed by atoms with Gasteiger partial charge in [0.05, 0.1) is 0 Å². The van der Waals surface area contributed by atoms with E-state index < -0.39 is 0 Å². The summed E-state index contributed by atoms with van der Waals surface area (Å²) in [7, 11) is 0. The molecule has 0 atom stereocenters. The van der Waals surface area contributed by atoms with E-state index in [4.69, 9.17) is 0 Å². The molecule has 0 aliphatic carbocycles. The Bertz CT molecular complexity index is 289. The maximum absolute atomic E-state index is 2.78. The molecule has 0 N–H and O–H groups in total. The second-order valence-corrected chi connectivity index (χ2v) is 9.73. The van der Waals surface area contributed by atoms with Gasteiger partial charge >= 0.3 is 0 Å². The number of rotatable bonds is 18. The maximum atomic E-state index is 2.78. The molecule has 1 nitrogen and oxygen atoms in total. The standard InChI is InChI=1S/C25H53N/c1-8-11-12-13-14-15-16-17-18-19-20-21-22-23-26(24(4,5)9-2)25(6,7)10-3/h8-23H2,1-7H3. The first-order valence-electron chi connectivity index (χ1n) is 12.1. The predicted molar refractivity (Wildman–Crippen MR) is 121 cm³/mol. The lowest BCUT2D eigenvalue weighted by Crippen LogP contribution is -2.55. The summed E-state index contributed by atoms with van der Waals surface area (Å²) >= 11 is 0. The van der Waals surface area contributed by atoms with E-state index in [1.54, 1.807) is 0 Å². The Morgan fingerprint density at radius 2 is 0.769 bits per heavy atom.